The average molecular weight is 1110 g/mol. The Morgan fingerprint density at radius 1 is 0.592 bits per heavy atom. The summed E-state index contributed by atoms with van der Waals surface area (Å²) in [6.07, 6.45) is 14.3. The van der Waals surface area contributed by atoms with Gasteiger partial charge in [0.1, 0.15) is 61.6 Å². The molecule has 432 valence electrons. The Labute approximate surface area is 458 Å². The number of fused-ring (bicyclic) bond motifs is 2. The zero-order valence-electron chi connectivity index (χ0n) is 46.4. The highest BCUT2D eigenvalue weighted by Crippen LogP contribution is 2.41. The van der Waals surface area contributed by atoms with Crippen LogP contribution in [0.15, 0.2) is 35.2 Å². The molecule has 4 aliphatic heterocycles. The Balaban J connectivity index is 0.000000407. The predicted molar refractivity (Wildman–Crippen MR) is 287 cm³/mol. The van der Waals surface area contributed by atoms with Gasteiger partial charge in [-0.3, -0.25) is 38.6 Å². The van der Waals surface area contributed by atoms with E-state index in [1.54, 1.807) is 0 Å². The summed E-state index contributed by atoms with van der Waals surface area (Å²) in [4.78, 5) is 97.7. The van der Waals surface area contributed by atoms with Crippen LogP contribution in [0.1, 0.15) is 120 Å². The van der Waals surface area contributed by atoms with Crippen LogP contribution in [-0.2, 0) is 71.5 Å². The van der Waals surface area contributed by atoms with Crippen molar-refractivity contribution in [1.82, 2.24) is 20.4 Å². The monoisotopic (exact) mass is 1110 g/mol. The molecule has 23 heteroatoms. The van der Waals surface area contributed by atoms with E-state index in [0.717, 1.165) is 17.7 Å². The molecule has 2 saturated heterocycles. The molecule has 4 aliphatic rings. The molecule has 2 unspecified atom stereocenters. The first-order valence-electron chi connectivity index (χ1n) is 26.9. The molecule has 0 aromatic carbocycles. The van der Waals surface area contributed by atoms with Crippen LogP contribution in [0.3, 0.4) is 0 Å². The highest BCUT2D eigenvalue weighted by Gasteiger charge is 2.55. The van der Waals surface area contributed by atoms with E-state index in [9.17, 15) is 43.5 Å². The number of hydrogen-bond acceptors (Lipinski definition) is 18. The van der Waals surface area contributed by atoms with Crippen molar-refractivity contribution in [2.45, 2.75) is 142 Å². The minimum absolute atomic E-state index is 0.0253. The van der Waals surface area contributed by atoms with E-state index in [4.69, 9.17) is 33.2 Å². The average Bonchev–Trinajstić information content (AvgIpc) is 3.41. The van der Waals surface area contributed by atoms with Gasteiger partial charge < -0.3 is 58.2 Å². The van der Waals surface area contributed by atoms with E-state index < -0.39 is 70.3 Å². The first kappa shape index (κ1) is 67.6. The topological polar surface area (TPSA) is 255 Å². The highest BCUT2D eigenvalue weighted by atomic mass is 32.2. The van der Waals surface area contributed by atoms with E-state index in [1.165, 1.54) is 130 Å². The van der Waals surface area contributed by atoms with Crippen LogP contribution in [-0.4, -0.2) is 195 Å². The molecule has 4 rings (SSSR count). The Morgan fingerprint density at radius 3 is 1.33 bits per heavy atom. The van der Waals surface area contributed by atoms with Crippen molar-refractivity contribution in [2.75, 3.05) is 110 Å². The van der Waals surface area contributed by atoms with Gasteiger partial charge in [-0.25, -0.2) is 4.79 Å². The largest absolute Gasteiger partial charge is 0.543 e. The van der Waals surface area contributed by atoms with Gasteiger partial charge in [0.05, 0.1) is 64.3 Å². The Hall–Kier alpha value is -4.52. The van der Waals surface area contributed by atoms with Gasteiger partial charge in [0.2, 0.25) is 11.8 Å². The molecule has 0 spiro atoms. The minimum atomic E-state index is -1.53. The molecule has 0 aliphatic carbocycles. The van der Waals surface area contributed by atoms with Crippen molar-refractivity contribution in [3.8, 4) is 0 Å². The standard InChI is InChI=1S/C20H28N2O8S.C17H24N2O8S.C16H36N/c1-4-6-27-8-9-28-11-15(24)21-16-18(25)22-17(20(26)29-7-5-2)14(10-30-13(3)23)12-31-19(16)22;1-3-4-25-5-6-26-8-12(21)18-13-15(22)19-14(17(23)24)11(7-27-10(2)20)9-28-16(13)19;1-5-9-13-17(14-10-6-2,15-11-7-3)16-12-8-4/h5,16,19H,2,4,6-12H2,1,3H3,(H,21,24);13,16H,3-9H2,1-2H3,(H,18,21)(H,23,24);5-16H2,1-4H3/q;;+1/p-1/t16-,19?;13-,16?;/m11./s1. The third kappa shape index (κ3) is 22.8. The van der Waals surface area contributed by atoms with E-state index in [2.05, 4.69) is 44.9 Å². The second-order valence-electron chi connectivity index (χ2n) is 18.5. The summed E-state index contributed by atoms with van der Waals surface area (Å²) in [5.74, 6) is -4.61. The SMILES string of the molecule is C=CCOC(=O)C1=C(COC(C)=O)CSC2[C@H](NC(=O)COCCOCCC)C(=O)N12.CCCC[N+](CCCC)(CCCC)CCCC.CCCOCCOCC(=O)N[C@@H]1C(=O)N2C(C(=O)[O-])=C(COC(C)=O)CSC12. The fourth-order valence-corrected chi connectivity index (χ4v) is 10.9. The maximum absolute atomic E-state index is 12.7. The number of β-lactam (4-membered cyclic amide) rings is 2. The van der Waals surface area contributed by atoms with Gasteiger partial charge in [-0.05, 0) is 38.5 Å². The molecule has 0 bridgehead atoms. The normalized spacial score (nSPS) is 18.6. The van der Waals surface area contributed by atoms with E-state index in [0.29, 0.717) is 37.8 Å². The summed E-state index contributed by atoms with van der Waals surface area (Å²) in [5.41, 5.74) is 0.500. The lowest BCUT2D eigenvalue weighted by Gasteiger charge is -2.50. The number of hydrogen-bond donors (Lipinski definition) is 2. The van der Waals surface area contributed by atoms with Crippen molar-refractivity contribution < 1.29 is 81.1 Å². The number of carboxylic acid groups (broad SMARTS) is 1. The van der Waals surface area contributed by atoms with E-state index in [1.807, 2.05) is 13.8 Å². The van der Waals surface area contributed by atoms with E-state index >= 15 is 0 Å². The van der Waals surface area contributed by atoms with Crippen LogP contribution in [0.5, 0.6) is 0 Å². The highest BCUT2D eigenvalue weighted by molar-refractivity contribution is 8.00. The number of ether oxygens (including phenoxy) is 7. The van der Waals surface area contributed by atoms with Crippen molar-refractivity contribution in [1.29, 1.82) is 0 Å². The fourth-order valence-electron chi connectivity index (χ4n) is 8.28. The number of aliphatic carboxylic acids is 1. The molecular weight excluding hydrogens is 1030 g/mol. The molecule has 0 radical (unpaired) electrons. The Morgan fingerprint density at radius 2 is 0.974 bits per heavy atom. The number of nitrogens with one attached hydrogen (secondary N) is 2. The maximum atomic E-state index is 12.7. The molecule has 0 saturated carbocycles. The van der Waals surface area contributed by atoms with Gasteiger partial charge in [-0.15, -0.1) is 23.5 Å². The summed E-state index contributed by atoms with van der Waals surface area (Å²) < 4.78 is 37.3. The molecule has 4 amide bonds. The van der Waals surface area contributed by atoms with Crippen LogP contribution < -0.4 is 15.7 Å². The zero-order chi connectivity index (χ0) is 56.5. The first-order valence-corrected chi connectivity index (χ1v) is 28.9. The number of thioether (sulfide) groups is 2. The molecule has 2 N–H and O–H groups in total. The van der Waals surface area contributed by atoms with Gasteiger partial charge in [0.15, 0.2) is 0 Å². The number of unbranched alkanes of at least 4 members (excludes halogenated alkanes) is 4. The predicted octanol–water partition coefficient (Wildman–Crippen LogP) is 3.78. The summed E-state index contributed by atoms with van der Waals surface area (Å²) in [7, 11) is 0. The number of quaternary nitrogens is 1. The van der Waals surface area contributed by atoms with Crippen LogP contribution >= 0.6 is 23.5 Å². The van der Waals surface area contributed by atoms with Gasteiger partial charge in [-0.1, -0.05) is 79.9 Å². The van der Waals surface area contributed by atoms with Gasteiger partial charge in [0, 0.05) is 49.7 Å². The molecule has 76 heavy (non-hydrogen) atoms. The summed E-state index contributed by atoms with van der Waals surface area (Å²) in [6, 6.07) is -1.63. The summed E-state index contributed by atoms with van der Waals surface area (Å²) in [5, 5.41) is 15.7. The van der Waals surface area contributed by atoms with Crippen LogP contribution in [0.25, 0.3) is 0 Å². The number of rotatable bonds is 36. The Kier molecular flexibility index (Phi) is 33.9. The molecule has 0 aromatic heterocycles. The summed E-state index contributed by atoms with van der Waals surface area (Å²) in [6.45, 7) is 26.7. The molecule has 21 nitrogen and oxygen atoms in total. The van der Waals surface area contributed by atoms with Crippen LogP contribution in [0, 0.1) is 0 Å². The molecule has 4 atom stereocenters. The van der Waals surface area contributed by atoms with Crippen molar-refractivity contribution in [2.24, 2.45) is 0 Å². The number of esters is 3. The number of amides is 4. The van der Waals surface area contributed by atoms with Crippen LogP contribution in [0.2, 0.25) is 0 Å². The molecule has 0 aromatic rings. The number of carbonyl (C=O) groups excluding carboxylic acids is 8. The van der Waals surface area contributed by atoms with Crippen molar-refractivity contribution in [3.05, 3.63) is 35.2 Å². The smallest absolute Gasteiger partial charge is 0.355 e. The first-order chi connectivity index (χ1) is 36.5. The molecular formula is C53H87N5O16S2. The molecule has 4 heterocycles. The second-order valence-corrected chi connectivity index (χ2v) is 20.7. The van der Waals surface area contributed by atoms with Gasteiger partial charge >= 0.3 is 17.9 Å². The quantitative estimate of drug-likeness (QED) is 0.0226. The lowest BCUT2D eigenvalue weighted by atomic mass is 10.0. The van der Waals surface area contributed by atoms with Gasteiger partial charge in [-0.2, -0.15) is 0 Å². The maximum Gasteiger partial charge on any atom is 0.355 e. The third-order valence-corrected chi connectivity index (χ3v) is 14.9. The van der Waals surface area contributed by atoms with Gasteiger partial charge in [0.25, 0.3) is 11.8 Å². The second kappa shape index (κ2) is 38.1. The van der Waals surface area contributed by atoms with Crippen molar-refractivity contribution in [3.63, 3.8) is 0 Å². The fraction of sp³-hybridized carbons (Fsp3) is 0.736. The van der Waals surface area contributed by atoms with Crippen molar-refractivity contribution >= 4 is 71.0 Å². The lowest BCUT2D eigenvalue weighted by molar-refractivity contribution is -0.929. The Bertz CT molecular complexity index is 1910. The zero-order valence-corrected chi connectivity index (χ0v) is 48.0. The van der Waals surface area contributed by atoms with Crippen LogP contribution in [0.4, 0.5) is 0 Å². The van der Waals surface area contributed by atoms with E-state index in [-0.39, 0.29) is 69.0 Å². The molecule has 2 fully saturated rings. The number of carbonyl (C=O) groups is 8. The lowest BCUT2D eigenvalue weighted by Crippen LogP contribution is -2.71. The summed E-state index contributed by atoms with van der Waals surface area (Å²) >= 11 is 2.64. The minimum Gasteiger partial charge on any atom is -0.543 e. The number of carboxylic acids is 1. The third-order valence-electron chi connectivity index (χ3n) is 12.2. The number of nitrogens with zero attached hydrogens (tertiary/aromatic N) is 3.